The van der Waals surface area contributed by atoms with Crippen LogP contribution in [0.2, 0.25) is 0 Å². The smallest absolute Gasteiger partial charge is 0.0861 e. The highest BCUT2D eigenvalue weighted by Crippen LogP contribution is 2.27. The summed E-state index contributed by atoms with van der Waals surface area (Å²) in [6.07, 6.45) is 4.32. The van der Waals surface area contributed by atoms with Crippen LogP contribution in [0.5, 0.6) is 0 Å². The fraction of sp³-hybridized carbons (Fsp3) is 1.00. The van der Waals surface area contributed by atoms with E-state index in [0.29, 0.717) is 17.7 Å². The van der Waals surface area contributed by atoms with E-state index in [2.05, 4.69) is 0 Å². The van der Waals surface area contributed by atoms with Crippen LogP contribution in [0.25, 0.3) is 0 Å². The summed E-state index contributed by atoms with van der Waals surface area (Å²) in [5.74, 6) is 2.38. The maximum absolute atomic E-state index is 9.11. The van der Waals surface area contributed by atoms with E-state index >= 15 is 0 Å². The molecule has 1 rings (SSSR count). The van der Waals surface area contributed by atoms with E-state index in [1.54, 1.807) is 11.8 Å². The minimum Gasteiger partial charge on any atom is -0.394 e. The van der Waals surface area contributed by atoms with Gasteiger partial charge in [-0.15, -0.1) is 0 Å². The highest BCUT2D eigenvalue weighted by atomic mass is 32.2. The van der Waals surface area contributed by atoms with Crippen LogP contribution in [0.4, 0.5) is 0 Å². The molecule has 0 heterocycles. The zero-order valence-electron chi connectivity index (χ0n) is 8.56. The standard InChI is InChI=1S/C10H21NO2S/c11-10-3-1-2-8(10)4-5-14-7-9(13)6-12/h8-10,12-13H,1-7,11H2. The van der Waals surface area contributed by atoms with Gasteiger partial charge in [-0.25, -0.2) is 0 Å². The lowest BCUT2D eigenvalue weighted by molar-refractivity contribution is 0.113. The predicted molar refractivity (Wildman–Crippen MR) is 60.4 cm³/mol. The third-order valence-corrected chi connectivity index (χ3v) is 4.02. The topological polar surface area (TPSA) is 66.5 Å². The van der Waals surface area contributed by atoms with Crippen LogP contribution in [-0.2, 0) is 0 Å². The molecule has 1 saturated carbocycles. The second-order valence-electron chi connectivity index (χ2n) is 4.05. The molecule has 0 aromatic carbocycles. The number of rotatable bonds is 6. The van der Waals surface area contributed by atoms with E-state index in [4.69, 9.17) is 15.9 Å². The monoisotopic (exact) mass is 219 g/mol. The molecular weight excluding hydrogens is 198 g/mol. The van der Waals surface area contributed by atoms with Gasteiger partial charge in [0.25, 0.3) is 0 Å². The Balaban J connectivity index is 1.98. The zero-order valence-corrected chi connectivity index (χ0v) is 9.38. The van der Waals surface area contributed by atoms with Crippen molar-refractivity contribution in [2.24, 2.45) is 11.7 Å². The molecule has 3 nitrogen and oxygen atoms in total. The van der Waals surface area contributed by atoms with Gasteiger partial charge in [-0.1, -0.05) is 6.42 Å². The van der Waals surface area contributed by atoms with Crippen LogP contribution in [0.15, 0.2) is 0 Å². The summed E-state index contributed by atoms with van der Waals surface area (Å²) >= 11 is 1.71. The van der Waals surface area contributed by atoms with Crippen molar-refractivity contribution < 1.29 is 10.2 Å². The summed E-state index contributed by atoms with van der Waals surface area (Å²) in [5, 5.41) is 17.7. The first-order valence-electron chi connectivity index (χ1n) is 5.36. The Bertz CT molecular complexity index is 157. The molecule has 0 amide bonds. The van der Waals surface area contributed by atoms with Gasteiger partial charge in [0.1, 0.15) is 0 Å². The molecule has 0 aromatic rings. The van der Waals surface area contributed by atoms with Gasteiger partial charge in [0, 0.05) is 11.8 Å². The molecule has 3 atom stereocenters. The fourth-order valence-electron chi connectivity index (χ4n) is 1.93. The zero-order chi connectivity index (χ0) is 10.4. The Morgan fingerprint density at radius 1 is 1.43 bits per heavy atom. The van der Waals surface area contributed by atoms with Gasteiger partial charge in [-0.05, 0) is 30.9 Å². The van der Waals surface area contributed by atoms with Crippen molar-refractivity contribution in [1.82, 2.24) is 0 Å². The Kier molecular flexibility index (Phi) is 5.86. The van der Waals surface area contributed by atoms with E-state index in [0.717, 1.165) is 12.2 Å². The summed E-state index contributed by atoms with van der Waals surface area (Å²) in [5.41, 5.74) is 5.95. The molecule has 4 N–H and O–H groups in total. The summed E-state index contributed by atoms with van der Waals surface area (Å²) in [7, 11) is 0. The average Bonchev–Trinajstić information content (AvgIpc) is 2.58. The van der Waals surface area contributed by atoms with E-state index in [-0.39, 0.29) is 6.61 Å². The lowest BCUT2D eigenvalue weighted by atomic mass is 10.0. The van der Waals surface area contributed by atoms with Crippen LogP contribution >= 0.6 is 11.8 Å². The van der Waals surface area contributed by atoms with Crippen molar-refractivity contribution in [3.05, 3.63) is 0 Å². The Labute approximate surface area is 90.1 Å². The van der Waals surface area contributed by atoms with Crippen molar-refractivity contribution in [1.29, 1.82) is 0 Å². The number of thioether (sulfide) groups is 1. The molecular formula is C10H21NO2S. The number of hydrogen-bond donors (Lipinski definition) is 3. The van der Waals surface area contributed by atoms with Gasteiger partial charge in [-0.3, -0.25) is 0 Å². The fourth-order valence-corrected chi connectivity index (χ4v) is 2.94. The number of aliphatic hydroxyl groups is 2. The Morgan fingerprint density at radius 3 is 2.79 bits per heavy atom. The minimum absolute atomic E-state index is 0.129. The quantitative estimate of drug-likeness (QED) is 0.572. The summed E-state index contributed by atoms with van der Waals surface area (Å²) in [4.78, 5) is 0. The molecule has 0 spiro atoms. The number of hydrogen-bond acceptors (Lipinski definition) is 4. The number of aliphatic hydroxyl groups excluding tert-OH is 2. The van der Waals surface area contributed by atoms with E-state index in [1.165, 1.54) is 19.3 Å². The molecule has 84 valence electrons. The van der Waals surface area contributed by atoms with Crippen molar-refractivity contribution in [3.63, 3.8) is 0 Å². The molecule has 0 aromatic heterocycles. The lowest BCUT2D eigenvalue weighted by Crippen LogP contribution is -2.25. The van der Waals surface area contributed by atoms with Crippen LogP contribution in [0.1, 0.15) is 25.7 Å². The van der Waals surface area contributed by atoms with Gasteiger partial charge in [-0.2, -0.15) is 11.8 Å². The van der Waals surface area contributed by atoms with Crippen LogP contribution < -0.4 is 5.73 Å². The van der Waals surface area contributed by atoms with Gasteiger partial charge in [0.15, 0.2) is 0 Å². The molecule has 1 aliphatic carbocycles. The molecule has 0 aliphatic heterocycles. The van der Waals surface area contributed by atoms with Crippen molar-refractivity contribution in [3.8, 4) is 0 Å². The van der Waals surface area contributed by atoms with Gasteiger partial charge in [0.05, 0.1) is 12.7 Å². The van der Waals surface area contributed by atoms with Crippen LogP contribution in [0, 0.1) is 5.92 Å². The third-order valence-electron chi connectivity index (χ3n) is 2.87. The number of nitrogens with two attached hydrogens (primary N) is 1. The second kappa shape index (κ2) is 6.67. The van der Waals surface area contributed by atoms with Crippen molar-refractivity contribution >= 4 is 11.8 Å². The molecule has 0 bridgehead atoms. The summed E-state index contributed by atoms with van der Waals surface area (Å²) < 4.78 is 0. The van der Waals surface area contributed by atoms with Crippen molar-refractivity contribution in [2.75, 3.05) is 18.1 Å². The van der Waals surface area contributed by atoms with Crippen molar-refractivity contribution in [2.45, 2.75) is 37.8 Å². The summed E-state index contributed by atoms with van der Waals surface area (Å²) in [6, 6.07) is 0.401. The summed E-state index contributed by atoms with van der Waals surface area (Å²) in [6.45, 7) is -0.129. The maximum atomic E-state index is 9.11. The van der Waals surface area contributed by atoms with Gasteiger partial charge < -0.3 is 15.9 Å². The minimum atomic E-state index is -0.558. The molecule has 0 saturated heterocycles. The average molecular weight is 219 g/mol. The largest absolute Gasteiger partial charge is 0.394 e. The maximum Gasteiger partial charge on any atom is 0.0861 e. The van der Waals surface area contributed by atoms with E-state index in [1.807, 2.05) is 0 Å². The molecule has 3 unspecified atom stereocenters. The predicted octanol–water partition coefficient (Wildman–Crippen LogP) is 0.590. The third kappa shape index (κ3) is 4.17. The SMILES string of the molecule is NC1CCCC1CCSCC(O)CO. The molecule has 1 fully saturated rings. The Morgan fingerprint density at radius 2 is 2.21 bits per heavy atom. The van der Waals surface area contributed by atoms with Gasteiger partial charge >= 0.3 is 0 Å². The van der Waals surface area contributed by atoms with Crippen LogP contribution in [-0.4, -0.2) is 40.5 Å². The molecule has 1 aliphatic rings. The van der Waals surface area contributed by atoms with Crippen LogP contribution in [0.3, 0.4) is 0 Å². The van der Waals surface area contributed by atoms with E-state index in [9.17, 15) is 0 Å². The first-order chi connectivity index (χ1) is 6.74. The van der Waals surface area contributed by atoms with E-state index < -0.39 is 6.10 Å². The Hall–Kier alpha value is 0.230. The normalized spacial score (nSPS) is 29.4. The highest BCUT2D eigenvalue weighted by Gasteiger charge is 2.23. The molecule has 14 heavy (non-hydrogen) atoms. The lowest BCUT2D eigenvalue weighted by Gasteiger charge is -2.14. The first kappa shape index (κ1) is 12.3. The highest BCUT2D eigenvalue weighted by molar-refractivity contribution is 7.99. The second-order valence-corrected chi connectivity index (χ2v) is 5.20. The molecule has 0 radical (unpaired) electrons. The first-order valence-corrected chi connectivity index (χ1v) is 6.51. The van der Waals surface area contributed by atoms with Gasteiger partial charge in [0.2, 0.25) is 0 Å². The molecule has 4 heteroatoms.